The molecule has 0 aliphatic carbocycles. The molecule has 1 aliphatic rings. The van der Waals surface area contributed by atoms with Gasteiger partial charge in [-0.1, -0.05) is 24.3 Å². The highest BCUT2D eigenvalue weighted by Crippen LogP contribution is 2.39. The SMILES string of the molecule is C[C@@H]1C(=O)N(c2ccccc2)c2ncccc21. The molecule has 1 amide bonds. The number of pyridine rings is 1. The third kappa shape index (κ3) is 1.43. The van der Waals surface area contributed by atoms with Gasteiger partial charge in [0.25, 0.3) is 0 Å². The molecule has 84 valence electrons. The van der Waals surface area contributed by atoms with Gasteiger partial charge < -0.3 is 0 Å². The molecule has 0 saturated carbocycles. The van der Waals surface area contributed by atoms with Crippen LogP contribution in [0.2, 0.25) is 0 Å². The van der Waals surface area contributed by atoms with Gasteiger partial charge in [0.05, 0.1) is 11.6 Å². The van der Waals surface area contributed by atoms with Crippen LogP contribution in [-0.4, -0.2) is 10.9 Å². The molecule has 2 aromatic rings. The number of nitrogens with zero attached hydrogens (tertiary/aromatic N) is 2. The van der Waals surface area contributed by atoms with Crippen LogP contribution in [-0.2, 0) is 4.79 Å². The number of carbonyl (C=O) groups excluding carboxylic acids is 1. The molecule has 0 saturated heterocycles. The van der Waals surface area contributed by atoms with E-state index in [0.29, 0.717) is 0 Å². The summed E-state index contributed by atoms with van der Waals surface area (Å²) in [6.07, 6.45) is 1.72. The van der Waals surface area contributed by atoms with E-state index in [0.717, 1.165) is 17.1 Å². The molecule has 3 nitrogen and oxygen atoms in total. The fraction of sp³-hybridized carbons (Fsp3) is 0.143. The largest absolute Gasteiger partial charge is 0.273 e. The second kappa shape index (κ2) is 3.70. The van der Waals surface area contributed by atoms with Gasteiger partial charge in [-0.05, 0) is 25.1 Å². The summed E-state index contributed by atoms with van der Waals surface area (Å²) < 4.78 is 0. The number of fused-ring (bicyclic) bond motifs is 1. The predicted molar refractivity (Wildman–Crippen MR) is 66.2 cm³/mol. The number of carbonyl (C=O) groups is 1. The van der Waals surface area contributed by atoms with Crippen molar-refractivity contribution in [3.8, 4) is 0 Å². The molecule has 0 fully saturated rings. The van der Waals surface area contributed by atoms with Gasteiger partial charge in [-0.25, -0.2) is 4.98 Å². The van der Waals surface area contributed by atoms with Crippen molar-refractivity contribution in [2.45, 2.75) is 12.8 Å². The molecule has 3 heteroatoms. The first-order valence-corrected chi connectivity index (χ1v) is 5.63. The summed E-state index contributed by atoms with van der Waals surface area (Å²) in [5.74, 6) is 0.736. The van der Waals surface area contributed by atoms with E-state index in [2.05, 4.69) is 4.98 Å². The molecule has 1 aliphatic heterocycles. The number of para-hydroxylation sites is 1. The first-order valence-electron chi connectivity index (χ1n) is 5.63. The van der Waals surface area contributed by atoms with E-state index in [4.69, 9.17) is 0 Å². The number of hydrogen-bond acceptors (Lipinski definition) is 2. The normalized spacial score (nSPS) is 18.3. The molecule has 17 heavy (non-hydrogen) atoms. The van der Waals surface area contributed by atoms with Crippen molar-refractivity contribution in [1.82, 2.24) is 4.98 Å². The van der Waals surface area contributed by atoms with E-state index in [1.165, 1.54) is 0 Å². The van der Waals surface area contributed by atoms with Gasteiger partial charge in [0, 0.05) is 11.8 Å². The Bertz CT molecular complexity index is 565. The Morgan fingerprint density at radius 3 is 2.65 bits per heavy atom. The van der Waals surface area contributed by atoms with Crippen molar-refractivity contribution in [2.24, 2.45) is 0 Å². The van der Waals surface area contributed by atoms with Crippen molar-refractivity contribution in [3.05, 3.63) is 54.2 Å². The zero-order valence-corrected chi connectivity index (χ0v) is 9.50. The molecular weight excluding hydrogens is 212 g/mol. The molecule has 0 bridgehead atoms. The van der Waals surface area contributed by atoms with Gasteiger partial charge in [-0.3, -0.25) is 9.69 Å². The van der Waals surface area contributed by atoms with Crippen LogP contribution in [0.25, 0.3) is 0 Å². The van der Waals surface area contributed by atoms with Crippen LogP contribution >= 0.6 is 0 Å². The highest BCUT2D eigenvalue weighted by Gasteiger charge is 2.35. The first kappa shape index (κ1) is 10.0. The molecule has 0 radical (unpaired) electrons. The first-order chi connectivity index (χ1) is 8.29. The molecule has 3 rings (SSSR count). The van der Waals surface area contributed by atoms with E-state index in [1.807, 2.05) is 49.4 Å². The van der Waals surface area contributed by atoms with Crippen LogP contribution in [0.3, 0.4) is 0 Å². The van der Waals surface area contributed by atoms with Gasteiger partial charge in [-0.15, -0.1) is 0 Å². The number of hydrogen-bond donors (Lipinski definition) is 0. The Kier molecular flexibility index (Phi) is 2.18. The lowest BCUT2D eigenvalue weighted by Crippen LogP contribution is -2.23. The van der Waals surface area contributed by atoms with Gasteiger partial charge in [0.1, 0.15) is 5.82 Å². The fourth-order valence-corrected chi connectivity index (χ4v) is 2.19. The summed E-state index contributed by atoms with van der Waals surface area (Å²) in [4.78, 5) is 18.3. The third-order valence-electron chi connectivity index (χ3n) is 3.10. The van der Waals surface area contributed by atoms with Crippen LogP contribution in [0.4, 0.5) is 11.5 Å². The van der Waals surface area contributed by atoms with Crippen LogP contribution < -0.4 is 4.90 Å². The zero-order valence-electron chi connectivity index (χ0n) is 9.50. The number of rotatable bonds is 1. The van der Waals surface area contributed by atoms with Gasteiger partial charge in [0.15, 0.2) is 0 Å². The minimum Gasteiger partial charge on any atom is -0.273 e. The Morgan fingerprint density at radius 2 is 1.88 bits per heavy atom. The highest BCUT2D eigenvalue weighted by atomic mass is 16.2. The highest BCUT2D eigenvalue weighted by molar-refractivity contribution is 6.08. The smallest absolute Gasteiger partial charge is 0.240 e. The molecule has 1 aromatic carbocycles. The third-order valence-corrected chi connectivity index (χ3v) is 3.10. The maximum Gasteiger partial charge on any atom is 0.240 e. The van der Waals surface area contributed by atoms with Crippen molar-refractivity contribution in [3.63, 3.8) is 0 Å². The topological polar surface area (TPSA) is 33.2 Å². The van der Waals surface area contributed by atoms with Crippen molar-refractivity contribution < 1.29 is 4.79 Å². The lowest BCUT2D eigenvalue weighted by atomic mass is 10.1. The van der Waals surface area contributed by atoms with Gasteiger partial charge >= 0.3 is 0 Å². The molecule has 0 spiro atoms. The Morgan fingerprint density at radius 1 is 1.12 bits per heavy atom. The molecule has 2 heterocycles. The summed E-state index contributed by atoms with van der Waals surface area (Å²) >= 11 is 0. The summed E-state index contributed by atoms with van der Waals surface area (Å²) in [6.45, 7) is 1.92. The number of aromatic nitrogens is 1. The van der Waals surface area contributed by atoms with E-state index < -0.39 is 0 Å². The maximum atomic E-state index is 12.2. The van der Waals surface area contributed by atoms with E-state index in [-0.39, 0.29) is 11.8 Å². The van der Waals surface area contributed by atoms with Gasteiger partial charge in [0.2, 0.25) is 5.91 Å². The van der Waals surface area contributed by atoms with Crippen molar-refractivity contribution >= 4 is 17.4 Å². The van der Waals surface area contributed by atoms with E-state index in [1.54, 1.807) is 11.1 Å². The summed E-state index contributed by atoms with van der Waals surface area (Å²) in [6, 6.07) is 13.5. The Balaban J connectivity index is 2.16. The lowest BCUT2D eigenvalue weighted by Gasteiger charge is -2.16. The summed E-state index contributed by atoms with van der Waals surface area (Å²) in [5, 5.41) is 0. The zero-order chi connectivity index (χ0) is 11.8. The fourth-order valence-electron chi connectivity index (χ4n) is 2.19. The predicted octanol–water partition coefficient (Wildman–Crippen LogP) is 2.86. The van der Waals surface area contributed by atoms with Crippen LogP contribution in [0.1, 0.15) is 18.4 Å². The summed E-state index contributed by atoms with van der Waals surface area (Å²) in [7, 11) is 0. The van der Waals surface area contributed by atoms with Gasteiger partial charge in [-0.2, -0.15) is 0 Å². The minimum atomic E-state index is -0.112. The number of amides is 1. The quantitative estimate of drug-likeness (QED) is 0.746. The number of anilines is 2. The lowest BCUT2D eigenvalue weighted by molar-refractivity contribution is -0.118. The average Bonchev–Trinajstić information content (AvgIpc) is 2.64. The second-order valence-electron chi connectivity index (χ2n) is 4.15. The second-order valence-corrected chi connectivity index (χ2v) is 4.15. The van der Waals surface area contributed by atoms with Crippen LogP contribution in [0, 0.1) is 0 Å². The van der Waals surface area contributed by atoms with Crippen LogP contribution in [0.15, 0.2) is 48.7 Å². The minimum absolute atomic E-state index is 0.0879. The van der Waals surface area contributed by atoms with E-state index in [9.17, 15) is 4.79 Å². The number of benzene rings is 1. The monoisotopic (exact) mass is 224 g/mol. The Hall–Kier alpha value is -2.16. The molecule has 1 aromatic heterocycles. The molecule has 1 atom stereocenters. The molecule has 0 unspecified atom stereocenters. The maximum absolute atomic E-state index is 12.2. The molecular formula is C14H12N2O. The average molecular weight is 224 g/mol. The van der Waals surface area contributed by atoms with Crippen LogP contribution in [0.5, 0.6) is 0 Å². The molecule has 0 N–H and O–H groups in total. The Labute approximate surface area is 99.7 Å². The van der Waals surface area contributed by atoms with Crippen molar-refractivity contribution in [2.75, 3.05) is 4.90 Å². The summed E-state index contributed by atoms with van der Waals surface area (Å²) in [5.41, 5.74) is 1.88. The van der Waals surface area contributed by atoms with E-state index >= 15 is 0 Å². The standard InChI is InChI=1S/C14H12N2O/c1-10-12-8-5-9-15-13(12)16(14(10)17)11-6-3-2-4-7-11/h2-10H,1H3/t10-/m0/s1. The van der Waals surface area contributed by atoms with Crippen molar-refractivity contribution in [1.29, 1.82) is 0 Å².